The lowest BCUT2D eigenvalue weighted by atomic mass is 10.1. The molecular weight excluding hydrogens is 326 g/mol. The molecule has 2 aromatic carbocycles. The maximum atomic E-state index is 12.3. The van der Waals surface area contributed by atoms with Gasteiger partial charge in [-0.15, -0.1) is 0 Å². The van der Waals surface area contributed by atoms with Gasteiger partial charge in [0.15, 0.2) is 5.78 Å². The fourth-order valence-electron chi connectivity index (χ4n) is 2.33. The van der Waals surface area contributed by atoms with E-state index in [0.29, 0.717) is 22.5 Å². The molecule has 26 heavy (non-hydrogen) atoms. The minimum absolute atomic E-state index is 0.145. The third-order valence-electron chi connectivity index (χ3n) is 3.75. The number of amides is 1. The van der Waals surface area contributed by atoms with Crippen molar-refractivity contribution in [2.24, 2.45) is 0 Å². The van der Waals surface area contributed by atoms with E-state index < -0.39 is 0 Å². The fraction of sp³-hybridized carbons (Fsp3) is 0. The molecule has 0 bridgehead atoms. The first-order valence-electron chi connectivity index (χ1n) is 8.02. The average molecular weight is 343 g/mol. The van der Waals surface area contributed by atoms with Gasteiger partial charge in [-0.05, 0) is 48.0 Å². The highest BCUT2D eigenvalue weighted by atomic mass is 16.1. The minimum atomic E-state index is -0.284. The maximum Gasteiger partial charge on any atom is 0.255 e. The van der Waals surface area contributed by atoms with Crippen molar-refractivity contribution in [3.63, 3.8) is 0 Å². The second kappa shape index (κ2) is 7.90. The standard InChI is InChI=1S/C21H17N3O2/c22-18-5-1-2-6-19(18)24-21(26)17-10-8-16(9-11-17)20(25)12-7-15-4-3-13-23-14-15/h1-14H,22H2,(H,24,26)/b12-7+. The van der Waals surface area contributed by atoms with Gasteiger partial charge in [0.2, 0.25) is 0 Å². The van der Waals surface area contributed by atoms with E-state index in [4.69, 9.17) is 5.73 Å². The Morgan fingerprint density at radius 2 is 1.65 bits per heavy atom. The van der Waals surface area contributed by atoms with Gasteiger partial charge in [-0.3, -0.25) is 14.6 Å². The van der Waals surface area contributed by atoms with Crippen LogP contribution in [0.4, 0.5) is 11.4 Å². The number of nitrogens with two attached hydrogens (primary N) is 1. The van der Waals surface area contributed by atoms with E-state index >= 15 is 0 Å². The van der Waals surface area contributed by atoms with Crippen LogP contribution >= 0.6 is 0 Å². The van der Waals surface area contributed by atoms with Gasteiger partial charge in [-0.1, -0.05) is 30.3 Å². The van der Waals surface area contributed by atoms with E-state index in [1.807, 2.05) is 6.07 Å². The van der Waals surface area contributed by atoms with Gasteiger partial charge < -0.3 is 11.1 Å². The Morgan fingerprint density at radius 3 is 2.35 bits per heavy atom. The number of nitrogens with zero attached hydrogens (tertiary/aromatic N) is 1. The van der Waals surface area contributed by atoms with Crippen LogP contribution in [-0.4, -0.2) is 16.7 Å². The van der Waals surface area contributed by atoms with E-state index in [1.54, 1.807) is 73.1 Å². The molecule has 5 nitrogen and oxygen atoms in total. The van der Waals surface area contributed by atoms with Crippen molar-refractivity contribution < 1.29 is 9.59 Å². The summed E-state index contributed by atoms with van der Waals surface area (Å²) in [6, 6.07) is 17.2. The number of aromatic nitrogens is 1. The molecule has 1 amide bonds. The number of carbonyl (C=O) groups excluding carboxylic acids is 2. The van der Waals surface area contributed by atoms with Crippen molar-refractivity contribution in [2.45, 2.75) is 0 Å². The third kappa shape index (κ3) is 4.21. The summed E-state index contributed by atoms with van der Waals surface area (Å²) < 4.78 is 0. The number of benzene rings is 2. The second-order valence-corrected chi connectivity index (χ2v) is 5.60. The molecule has 0 radical (unpaired) electrons. The molecule has 0 fully saturated rings. The highest BCUT2D eigenvalue weighted by Gasteiger charge is 2.09. The average Bonchev–Trinajstić information content (AvgIpc) is 2.69. The zero-order valence-electron chi connectivity index (χ0n) is 13.9. The van der Waals surface area contributed by atoms with Crippen LogP contribution in [0.2, 0.25) is 0 Å². The van der Waals surface area contributed by atoms with Crippen molar-refractivity contribution in [1.82, 2.24) is 4.98 Å². The summed E-state index contributed by atoms with van der Waals surface area (Å²) >= 11 is 0. The summed E-state index contributed by atoms with van der Waals surface area (Å²) in [5, 5.41) is 2.75. The number of allylic oxidation sites excluding steroid dienone is 1. The lowest BCUT2D eigenvalue weighted by Crippen LogP contribution is -2.13. The normalized spacial score (nSPS) is 10.6. The monoisotopic (exact) mass is 343 g/mol. The van der Waals surface area contributed by atoms with Gasteiger partial charge in [-0.25, -0.2) is 0 Å². The molecule has 0 atom stereocenters. The minimum Gasteiger partial charge on any atom is -0.397 e. The Bertz CT molecular complexity index is 949. The molecule has 3 aromatic rings. The first kappa shape index (κ1) is 17.1. The number of para-hydroxylation sites is 2. The SMILES string of the molecule is Nc1ccccc1NC(=O)c1ccc(C(=O)/C=C/c2cccnc2)cc1. The Morgan fingerprint density at radius 1 is 0.923 bits per heavy atom. The molecule has 0 saturated carbocycles. The number of hydrogen-bond acceptors (Lipinski definition) is 4. The van der Waals surface area contributed by atoms with E-state index in [9.17, 15) is 9.59 Å². The van der Waals surface area contributed by atoms with Gasteiger partial charge in [0, 0.05) is 23.5 Å². The highest BCUT2D eigenvalue weighted by molar-refractivity contribution is 6.09. The van der Waals surface area contributed by atoms with E-state index in [1.165, 1.54) is 6.08 Å². The molecule has 1 aromatic heterocycles. The van der Waals surface area contributed by atoms with Crippen LogP contribution in [-0.2, 0) is 0 Å². The van der Waals surface area contributed by atoms with Crippen LogP contribution in [0, 0.1) is 0 Å². The largest absolute Gasteiger partial charge is 0.397 e. The quantitative estimate of drug-likeness (QED) is 0.419. The summed E-state index contributed by atoms with van der Waals surface area (Å²) in [5.74, 6) is -0.430. The van der Waals surface area contributed by atoms with Crippen LogP contribution < -0.4 is 11.1 Å². The molecule has 0 spiro atoms. The predicted octanol–water partition coefficient (Wildman–Crippen LogP) is 3.81. The van der Waals surface area contributed by atoms with Crippen LogP contribution in [0.1, 0.15) is 26.3 Å². The lowest BCUT2D eigenvalue weighted by molar-refractivity contribution is 0.102. The number of carbonyl (C=O) groups is 2. The van der Waals surface area contributed by atoms with Crippen LogP contribution in [0.15, 0.2) is 79.1 Å². The summed E-state index contributed by atoms with van der Waals surface area (Å²) in [6.07, 6.45) is 6.53. The fourth-order valence-corrected chi connectivity index (χ4v) is 2.33. The van der Waals surface area contributed by atoms with Crippen LogP contribution in [0.3, 0.4) is 0 Å². The zero-order valence-corrected chi connectivity index (χ0v) is 13.9. The van der Waals surface area contributed by atoms with E-state index in [-0.39, 0.29) is 11.7 Å². The van der Waals surface area contributed by atoms with E-state index in [0.717, 1.165) is 5.56 Å². The molecule has 0 aliphatic heterocycles. The van der Waals surface area contributed by atoms with Crippen molar-refractivity contribution in [1.29, 1.82) is 0 Å². The predicted molar refractivity (Wildman–Crippen MR) is 103 cm³/mol. The van der Waals surface area contributed by atoms with Gasteiger partial charge in [-0.2, -0.15) is 0 Å². The van der Waals surface area contributed by atoms with Crippen molar-refractivity contribution in [3.8, 4) is 0 Å². The van der Waals surface area contributed by atoms with Crippen molar-refractivity contribution in [3.05, 3.63) is 95.8 Å². The number of ketones is 1. The molecule has 3 rings (SSSR count). The summed E-state index contributed by atoms with van der Waals surface area (Å²) in [5.41, 5.74) is 8.66. The topological polar surface area (TPSA) is 85.1 Å². The van der Waals surface area contributed by atoms with Crippen LogP contribution in [0.5, 0.6) is 0 Å². The first-order valence-corrected chi connectivity index (χ1v) is 8.02. The number of rotatable bonds is 5. The molecule has 0 aliphatic rings. The molecule has 1 heterocycles. The maximum absolute atomic E-state index is 12.3. The molecule has 3 N–H and O–H groups in total. The lowest BCUT2D eigenvalue weighted by Gasteiger charge is -2.08. The number of hydrogen-bond donors (Lipinski definition) is 2. The Kier molecular flexibility index (Phi) is 5.19. The third-order valence-corrected chi connectivity index (χ3v) is 3.75. The summed E-state index contributed by atoms with van der Waals surface area (Å²) in [6.45, 7) is 0. The summed E-state index contributed by atoms with van der Waals surface area (Å²) in [4.78, 5) is 28.5. The van der Waals surface area contributed by atoms with E-state index in [2.05, 4.69) is 10.3 Å². The molecule has 5 heteroatoms. The zero-order chi connectivity index (χ0) is 18.4. The molecule has 0 saturated heterocycles. The Hall–Kier alpha value is -3.73. The molecule has 0 unspecified atom stereocenters. The van der Waals surface area contributed by atoms with Crippen LogP contribution in [0.25, 0.3) is 6.08 Å². The molecule has 0 aliphatic carbocycles. The number of pyridine rings is 1. The molecule has 128 valence electrons. The molecular formula is C21H17N3O2. The number of anilines is 2. The van der Waals surface area contributed by atoms with Gasteiger partial charge >= 0.3 is 0 Å². The van der Waals surface area contributed by atoms with Crippen molar-refractivity contribution in [2.75, 3.05) is 11.1 Å². The second-order valence-electron chi connectivity index (χ2n) is 5.60. The highest BCUT2D eigenvalue weighted by Crippen LogP contribution is 2.18. The summed E-state index contributed by atoms with van der Waals surface area (Å²) in [7, 11) is 0. The first-order chi connectivity index (χ1) is 12.6. The van der Waals surface area contributed by atoms with Gasteiger partial charge in [0.25, 0.3) is 5.91 Å². The Labute approximate surface area is 151 Å². The Balaban J connectivity index is 1.68. The smallest absolute Gasteiger partial charge is 0.255 e. The van der Waals surface area contributed by atoms with Crippen molar-refractivity contribution >= 4 is 29.1 Å². The number of nitrogens with one attached hydrogen (secondary N) is 1. The van der Waals surface area contributed by atoms with Gasteiger partial charge in [0.1, 0.15) is 0 Å². The van der Waals surface area contributed by atoms with Gasteiger partial charge in [0.05, 0.1) is 11.4 Å². The number of nitrogen functional groups attached to an aromatic ring is 1.